The minimum absolute atomic E-state index is 0.0770. The first kappa shape index (κ1) is 37.4. The molecule has 9 aromatic rings. The predicted molar refractivity (Wildman–Crippen MR) is 237 cm³/mol. The molecule has 2 heterocycles. The van der Waals surface area contributed by atoms with Crippen LogP contribution in [0.1, 0.15) is 63.3 Å². The van der Waals surface area contributed by atoms with E-state index in [1.807, 2.05) is 28.9 Å². The van der Waals surface area contributed by atoms with Gasteiger partial charge >= 0.3 is 0 Å². The highest BCUT2D eigenvalue weighted by atomic mass is 16.2. The average Bonchev–Trinajstić information content (AvgIpc) is 3.75. The number of benzene rings is 7. The molecule has 6 heteroatoms. The summed E-state index contributed by atoms with van der Waals surface area (Å²) in [4.78, 5) is 5.63. The summed E-state index contributed by atoms with van der Waals surface area (Å²) in [7, 11) is 0. The third-order valence-electron chi connectivity index (χ3n) is 11.5. The van der Waals surface area contributed by atoms with E-state index >= 15 is 0 Å². The molecule has 2 N–H and O–H groups in total. The molecule has 6 nitrogen and oxygen atoms in total. The molecule has 0 saturated carbocycles. The molecule has 1 atom stereocenters. The molecule has 0 bridgehead atoms. The number of rotatable bonds is 14. The van der Waals surface area contributed by atoms with Crippen molar-refractivity contribution in [2.45, 2.75) is 29.8 Å². The molecule has 2 aromatic heterocycles. The maximum absolute atomic E-state index is 10.2. The van der Waals surface area contributed by atoms with E-state index in [0.29, 0.717) is 29.8 Å². The van der Waals surface area contributed by atoms with E-state index in [1.165, 1.54) is 0 Å². The summed E-state index contributed by atoms with van der Waals surface area (Å²) in [6.07, 6.45) is 1.32. The lowest BCUT2D eigenvalue weighted by Crippen LogP contribution is -2.39. The van der Waals surface area contributed by atoms with Gasteiger partial charge in [-0.3, -0.25) is 0 Å². The van der Waals surface area contributed by atoms with Gasteiger partial charge in [0.15, 0.2) is 5.65 Å². The number of anilines is 1. The second-order valence-electron chi connectivity index (χ2n) is 14.9. The minimum atomic E-state index is -0.954. The first-order valence-corrected chi connectivity index (χ1v) is 20.3. The maximum Gasteiger partial charge on any atom is 0.182 e. The summed E-state index contributed by atoms with van der Waals surface area (Å²) in [5.41, 5.74) is 7.94. The van der Waals surface area contributed by atoms with Crippen LogP contribution in [-0.4, -0.2) is 31.7 Å². The molecule has 0 radical (unpaired) electrons. The van der Waals surface area contributed by atoms with E-state index in [4.69, 9.17) is 15.3 Å². The first-order valence-electron chi connectivity index (χ1n) is 20.3. The Morgan fingerprint density at radius 3 is 1.31 bits per heavy atom. The minimum Gasteiger partial charge on any atom is -0.396 e. The van der Waals surface area contributed by atoms with Crippen molar-refractivity contribution >= 4 is 17.0 Å². The lowest BCUT2D eigenvalue weighted by molar-refractivity contribution is 0.282. The van der Waals surface area contributed by atoms with Gasteiger partial charge in [-0.2, -0.15) is 0 Å². The lowest BCUT2D eigenvalue weighted by atomic mass is 9.76. The monoisotopic (exact) mass is 767 g/mol. The summed E-state index contributed by atoms with van der Waals surface area (Å²) in [6.45, 7) is 0.0770. The summed E-state index contributed by atoms with van der Waals surface area (Å²) >= 11 is 0. The molecular weight excluding hydrogens is 723 g/mol. The fourth-order valence-corrected chi connectivity index (χ4v) is 8.84. The lowest BCUT2D eigenvalue weighted by Gasteiger charge is -2.38. The largest absolute Gasteiger partial charge is 0.396 e. The summed E-state index contributed by atoms with van der Waals surface area (Å²) in [5.74, 6) is 0.555. The van der Waals surface area contributed by atoms with Gasteiger partial charge in [-0.15, -0.1) is 5.10 Å². The zero-order chi connectivity index (χ0) is 39.9. The molecule has 0 aliphatic carbocycles. The van der Waals surface area contributed by atoms with E-state index < -0.39 is 11.1 Å². The smallest absolute Gasteiger partial charge is 0.182 e. The number of aromatic nitrogens is 4. The van der Waals surface area contributed by atoms with Crippen LogP contribution >= 0.6 is 0 Å². The van der Waals surface area contributed by atoms with Crippen LogP contribution in [0.5, 0.6) is 0 Å². The van der Waals surface area contributed by atoms with Crippen molar-refractivity contribution in [1.29, 1.82) is 0 Å². The molecule has 288 valence electrons. The van der Waals surface area contributed by atoms with Crippen LogP contribution in [0.25, 0.3) is 11.2 Å². The van der Waals surface area contributed by atoms with Gasteiger partial charge in [0.25, 0.3) is 0 Å². The van der Waals surface area contributed by atoms with Crippen LogP contribution in [0.2, 0.25) is 0 Å². The third-order valence-corrected chi connectivity index (χ3v) is 11.5. The zero-order valence-corrected chi connectivity index (χ0v) is 32.7. The number of nitrogens with one attached hydrogen (secondary N) is 1. The van der Waals surface area contributed by atoms with Crippen LogP contribution in [0, 0.1) is 0 Å². The number of pyridine rings is 1. The van der Waals surface area contributed by atoms with Crippen LogP contribution < -0.4 is 5.32 Å². The van der Waals surface area contributed by atoms with Gasteiger partial charge in [-0.1, -0.05) is 218 Å². The van der Waals surface area contributed by atoms with Crippen molar-refractivity contribution in [3.63, 3.8) is 0 Å². The van der Waals surface area contributed by atoms with Gasteiger partial charge in [-0.25, -0.2) is 9.67 Å². The number of nitrogens with zero attached hydrogens (tertiary/aromatic N) is 4. The summed E-state index contributed by atoms with van der Waals surface area (Å²) in [5, 5.41) is 24.6. The van der Waals surface area contributed by atoms with Crippen LogP contribution in [0.4, 0.5) is 5.82 Å². The molecule has 0 fully saturated rings. The fourth-order valence-electron chi connectivity index (χ4n) is 8.84. The molecule has 0 unspecified atom stereocenters. The number of hydrogen-bond acceptors (Lipinski definition) is 5. The third kappa shape index (κ3) is 6.88. The van der Waals surface area contributed by atoms with E-state index in [-0.39, 0.29) is 12.5 Å². The van der Waals surface area contributed by atoms with Crippen molar-refractivity contribution in [3.05, 3.63) is 263 Å². The molecule has 59 heavy (non-hydrogen) atoms. The molecule has 0 aliphatic heterocycles. The molecule has 0 aliphatic rings. The topological polar surface area (TPSA) is 75.9 Å². The Morgan fingerprint density at radius 2 is 0.898 bits per heavy atom. The maximum atomic E-state index is 10.2. The number of hydrogen-bond donors (Lipinski definition) is 2. The Labute approximate surface area is 345 Å². The molecule has 0 amide bonds. The normalized spacial score (nSPS) is 12.3. The number of aliphatic hydroxyl groups excluding tert-OH is 1. The number of fused-ring (bicyclic) bond motifs is 1. The van der Waals surface area contributed by atoms with E-state index in [1.54, 1.807) is 0 Å². The van der Waals surface area contributed by atoms with Gasteiger partial charge < -0.3 is 10.4 Å². The van der Waals surface area contributed by atoms with Crippen molar-refractivity contribution in [2.24, 2.45) is 0 Å². The zero-order valence-electron chi connectivity index (χ0n) is 32.7. The Kier molecular flexibility index (Phi) is 10.6. The SMILES string of the molecule is OCCC[C@@H](c1ccccc1)c1cc(NC(c2ccccc2)(c2ccccc2)c2ccccc2)nc2c1nnn2C(c1ccccc1)(c1ccccc1)c1ccccc1. The Balaban J connectivity index is 1.40. The van der Waals surface area contributed by atoms with Gasteiger partial charge in [0.05, 0.1) is 0 Å². The van der Waals surface area contributed by atoms with Crippen molar-refractivity contribution in [3.8, 4) is 0 Å². The van der Waals surface area contributed by atoms with Gasteiger partial charge in [0, 0.05) is 12.5 Å². The van der Waals surface area contributed by atoms with Crippen LogP contribution in [0.15, 0.2) is 218 Å². The predicted octanol–water partition coefficient (Wildman–Crippen LogP) is 11.0. The Bertz CT molecular complexity index is 2520. The standard InChI is InChI=1S/C53H45N5O/c59-38-22-37-47(40-23-8-1-9-24-40)48-39-49(55-52(41-25-10-2-11-26-41,42-27-12-3-13-28-42)43-29-14-4-15-30-43)54-51-50(48)56-57-58(51)53(44-31-16-5-17-32-44,45-33-18-6-19-34-45)46-35-20-7-21-36-46/h1-21,23-36,39,47,59H,22,37-38H2,(H,54,55)/t47-/m0/s1. The van der Waals surface area contributed by atoms with Gasteiger partial charge in [-0.05, 0) is 63.4 Å². The van der Waals surface area contributed by atoms with Gasteiger partial charge in [0.1, 0.15) is 22.4 Å². The highest BCUT2D eigenvalue weighted by molar-refractivity contribution is 5.80. The van der Waals surface area contributed by atoms with Crippen molar-refractivity contribution in [2.75, 3.05) is 11.9 Å². The van der Waals surface area contributed by atoms with Crippen LogP contribution in [0.3, 0.4) is 0 Å². The van der Waals surface area contributed by atoms with Gasteiger partial charge in [0.2, 0.25) is 0 Å². The van der Waals surface area contributed by atoms with E-state index in [9.17, 15) is 5.11 Å². The molecule has 0 spiro atoms. The highest BCUT2D eigenvalue weighted by Gasteiger charge is 2.43. The fraction of sp³-hybridized carbons (Fsp3) is 0.113. The molecule has 9 rings (SSSR count). The van der Waals surface area contributed by atoms with Crippen molar-refractivity contribution in [1.82, 2.24) is 20.0 Å². The first-order chi connectivity index (χ1) is 29.2. The van der Waals surface area contributed by atoms with Crippen molar-refractivity contribution < 1.29 is 5.11 Å². The quantitative estimate of drug-likeness (QED) is 0.108. The molecule has 7 aromatic carbocycles. The Hall–Kier alpha value is -7.15. The summed E-state index contributed by atoms with van der Waals surface area (Å²) in [6, 6.07) is 76.0. The summed E-state index contributed by atoms with van der Waals surface area (Å²) < 4.78 is 2.03. The number of aliphatic hydroxyl groups is 1. The molecule has 0 saturated heterocycles. The van der Waals surface area contributed by atoms with Crippen LogP contribution in [-0.2, 0) is 11.1 Å². The second kappa shape index (κ2) is 16.8. The van der Waals surface area contributed by atoms with E-state index in [0.717, 1.165) is 44.5 Å². The highest BCUT2D eigenvalue weighted by Crippen LogP contribution is 2.45. The Morgan fingerprint density at radius 1 is 0.508 bits per heavy atom. The average molecular weight is 768 g/mol. The van der Waals surface area contributed by atoms with E-state index in [2.05, 4.69) is 199 Å². The molecular formula is C53H45N5O. The second-order valence-corrected chi connectivity index (χ2v) is 14.9.